The molecular weight excluding hydrogens is 230 g/mol. The van der Waals surface area contributed by atoms with Gasteiger partial charge in [-0.15, -0.1) is 0 Å². The summed E-state index contributed by atoms with van der Waals surface area (Å²) in [4.78, 5) is 15.5. The fraction of sp³-hybridized carbons (Fsp3) is 0.538. The Morgan fingerprint density at radius 2 is 2.39 bits per heavy atom. The largest absolute Gasteiger partial charge is 0.396 e. The van der Waals surface area contributed by atoms with Crippen molar-refractivity contribution < 1.29 is 9.90 Å². The minimum atomic E-state index is -0.191. The molecule has 2 rings (SSSR count). The van der Waals surface area contributed by atoms with Gasteiger partial charge in [-0.1, -0.05) is 6.42 Å². The summed E-state index contributed by atoms with van der Waals surface area (Å²) in [5.74, 6) is 0.116. The first-order valence-electron chi connectivity index (χ1n) is 6.30. The molecule has 5 heteroatoms. The molecule has 1 amide bonds. The van der Waals surface area contributed by atoms with Crippen LogP contribution in [0.15, 0.2) is 18.3 Å². The highest BCUT2D eigenvalue weighted by Crippen LogP contribution is 2.28. The number of anilines is 1. The first-order chi connectivity index (χ1) is 8.74. The normalized spacial score (nSPS) is 22.8. The maximum absolute atomic E-state index is 11.5. The highest BCUT2D eigenvalue weighted by Gasteiger charge is 2.26. The molecule has 1 aliphatic rings. The van der Waals surface area contributed by atoms with E-state index in [-0.39, 0.29) is 18.6 Å². The van der Waals surface area contributed by atoms with Gasteiger partial charge in [-0.05, 0) is 25.0 Å². The summed E-state index contributed by atoms with van der Waals surface area (Å²) in [6, 6.07) is 3.88. The Labute approximate surface area is 107 Å². The average Bonchev–Trinajstić information content (AvgIpc) is 2.85. The number of pyridine rings is 1. The number of amides is 1. The van der Waals surface area contributed by atoms with Crippen molar-refractivity contribution in [3.8, 4) is 0 Å². The number of nitrogens with one attached hydrogen (secondary N) is 2. The number of aliphatic hydroxyl groups excluding tert-OH is 1. The van der Waals surface area contributed by atoms with Gasteiger partial charge in [0, 0.05) is 37.5 Å². The summed E-state index contributed by atoms with van der Waals surface area (Å²) in [5, 5.41) is 15.2. The van der Waals surface area contributed by atoms with Gasteiger partial charge in [-0.3, -0.25) is 9.78 Å². The lowest BCUT2D eigenvalue weighted by atomic mass is 10.0. The minimum Gasteiger partial charge on any atom is -0.396 e. The number of aromatic nitrogens is 1. The van der Waals surface area contributed by atoms with Crippen molar-refractivity contribution in [2.24, 2.45) is 5.92 Å². The maximum Gasteiger partial charge on any atom is 0.269 e. The van der Waals surface area contributed by atoms with Gasteiger partial charge in [0.2, 0.25) is 0 Å². The van der Waals surface area contributed by atoms with Crippen LogP contribution in [0, 0.1) is 5.92 Å². The summed E-state index contributed by atoms with van der Waals surface area (Å²) >= 11 is 0. The van der Waals surface area contributed by atoms with E-state index in [4.69, 9.17) is 0 Å². The molecule has 0 aliphatic heterocycles. The zero-order valence-electron chi connectivity index (χ0n) is 10.5. The predicted octanol–water partition coefficient (Wildman–Crippen LogP) is 1.01. The van der Waals surface area contributed by atoms with Crippen molar-refractivity contribution in [3.05, 3.63) is 24.0 Å². The van der Waals surface area contributed by atoms with Crippen molar-refractivity contribution in [1.29, 1.82) is 0 Å². The molecule has 1 aliphatic carbocycles. The molecule has 2 unspecified atom stereocenters. The maximum atomic E-state index is 11.5. The molecule has 1 aromatic rings. The lowest BCUT2D eigenvalue weighted by molar-refractivity contribution is 0.0958. The van der Waals surface area contributed by atoms with Crippen LogP contribution in [0.4, 0.5) is 5.69 Å². The molecule has 0 bridgehead atoms. The SMILES string of the molecule is CNC(=O)c1cc(NC2CCCC2CO)ccn1. The molecule has 1 saturated carbocycles. The molecule has 0 aromatic carbocycles. The Kier molecular flexibility index (Phi) is 4.15. The average molecular weight is 249 g/mol. The number of carbonyl (C=O) groups is 1. The van der Waals surface area contributed by atoms with E-state index in [1.54, 1.807) is 19.3 Å². The van der Waals surface area contributed by atoms with Gasteiger partial charge < -0.3 is 15.7 Å². The second-order valence-corrected chi connectivity index (χ2v) is 4.63. The van der Waals surface area contributed by atoms with Crippen molar-refractivity contribution in [2.45, 2.75) is 25.3 Å². The second kappa shape index (κ2) is 5.82. The monoisotopic (exact) mass is 249 g/mol. The molecule has 1 aromatic heterocycles. The number of carbonyl (C=O) groups excluding carboxylic acids is 1. The third-order valence-electron chi connectivity index (χ3n) is 3.47. The Morgan fingerprint density at radius 3 is 3.11 bits per heavy atom. The van der Waals surface area contributed by atoms with E-state index < -0.39 is 0 Å². The molecule has 1 fully saturated rings. The summed E-state index contributed by atoms with van der Waals surface area (Å²) < 4.78 is 0. The lowest BCUT2D eigenvalue weighted by Gasteiger charge is -2.20. The predicted molar refractivity (Wildman–Crippen MR) is 69.5 cm³/mol. The molecule has 5 nitrogen and oxygen atoms in total. The van der Waals surface area contributed by atoms with Gasteiger partial charge >= 0.3 is 0 Å². The third kappa shape index (κ3) is 2.79. The van der Waals surface area contributed by atoms with Crippen molar-refractivity contribution in [2.75, 3.05) is 19.0 Å². The molecule has 2 atom stereocenters. The number of aliphatic hydroxyl groups is 1. The molecule has 3 N–H and O–H groups in total. The zero-order valence-corrected chi connectivity index (χ0v) is 10.5. The molecule has 0 saturated heterocycles. The number of hydrogen-bond donors (Lipinski definition) is 3. The zero-order chi connectivity index (χ0) is 13.0. The van der Waals surface area contributed by atoms with Crippen molar-refractivity contribution in [1.82, 2.24) is 10.3 Å². The van der Waals surface area contributed by atoms with Gasteiger partial charge in [0.1, 0.15) is 5.69 Å². The van der Waals surface area contributed by atoms with E-state index in [0.717, 1.165) is 24.9 Å². The van der Waals surface area contributed by atoms with Crippen LogP contribution in [0.5, 0.6) is 0 Å². The van der Waals surface area contributed by atoms with Crippen LogP contribution < -0.4 is 10.6 Å². The first-order valence-corrected chi connectivity index (χ1v) is 6.30. The van der Waals surface area contributed by atoms with E-state index in [1.807, 2.05) is 6.07 Å². The van der Waals surface area contributed by atoms with Crippen molar-refractivity contribution in [3.63, 3.8) is 0 Å². The van der Waals surface area contributed by atoms with Gasteiger partial charge in [0.25, 0.3) is 5.91 Å². The van der Waals surface area contributed by atoms with E-state index in [2.05, 4.69) is 15.6 Å². The summed E-state index contributed by atoms with van der Waals surface area (Å²) in [6.45, 7) is 0.213. The Balaban J connectivity index is 2.07. The smallest absolute Gasteiger partial charge is 0.269 e. The standard InChI is InChI=1S/C13H19N3O2/c1-14-13(18)12-7-10(5-6-15-12)16-11-4-2-3-9(11)8-17/h5-7,9,11,17H,2-4,8H2,1H3,(H,14,18)(H,15,16). The Morgan fingerprint density at radius 1 is 1.56 bits per heavy atom. The Hall–Kier alpha value is -1.62. The molecule has 0 spiro atoms. The number of nitrogens with zero attached hydrogens (tertiary/aromatic N) is 1. The van der Waals surface area contributed by atoms with Crippen LogP contribution in [0.25, 0.3) is 0 Å². The van der Waals surface area contributed by atoms with Crippen LogP contribution >= 0.6 is 0 Å². The van der Waals surface area contributed by atoms with Gasteiger partial charge in [0.15, 0.2) is 0 Å². The first kappa shape index (κ1) is 12.8. The van der Waals surface area contributed by atoms with E-state index in [1.165, 1.54) is 0 Å². The minimum absolute atomic E-state index is 0.191. The quantitative estimate of drug-likeness (QED) is 0.744. The summed E-state index contributed by atoms with van der Waals surface area (Å²) in [7, 11) is 1.59. The molecule has 98 valence electrons. The lowest BCUT2D eigenvalue weighted by Crippen LogP contribution is -2.26. The Bertz CT molecular complexity index is 422. The molecule has 1 heterocycles. The van der Waals surface area contributed by atoms with E-state index >= 15 is 0 Å². The van der Waals surface area contributed by atoms with Crippen LogP contribution in [-0.2, 0) is 0 Å². The highest BCUT2D eigenvalue weighted by molar-refractivity contribution is 5.92. The van der Waals surface area contributed by atoms with Gasteiger partial charge in [-0.25, -0.2) is 0 Å². The number of rotatable bonds is 4. The summed E-state index contributed by atoms with van der Waals surface area (Å²) in [6.07, 6.45) is 4.87. The van der Waals surface area contributed by atoms with Crippen LogP contribution in [-0.4, -0.2) is 35.7 Å². The highest BCUT2D eigenvalue weighted by atomic mass is 16.3. The van der Waals surface area contributed by atoms with Gasteiger partial charge in [-0.2, -0.15) is 0 Å². The molecule has 0 radical (unpaired) electrons. The van der Waals surface area contributed by atoms with Crippen LogP contribution in [0.2, 0.25) is 0 Å². The van der Waals surface area contributed by atoms with Gasteiger partial charge in [0.05, 0.1) is 0 Å². The third-order valence-corrected chi connectivity index (χ3v) is 3.47. The number of hydrogen-bond acceptors (Lipinski definition) is 4. The molecular formula is C13H19N3O2. The van der Waals surface area contributed by atoms with Crippen LogP contribution in [0.3, 0.4) is 0 Å². The molecule has 18 heavy (non-hydrogen) atoms. The fourth-order valence-electron chi connectivity index (χ4n) is 2.43. The topological polar surface area (TPSA) is 74.2 Å². The van der Waals surface area contributed by atoms with E-state index in [0.29, 0.717) is 11.6 Å². The summed E-state index contributed by atoms with van der Waals surface area (Å²) in [5.41, 5.74) is 1.29. The second-order valence-electron chi connectivity index (χ2n) is 4.63. The fourth-order valence-corrected chi connectivity index (χ4v) is 2.43. The van der Waals surface area contributed by atoms with E-state index in [9.17, 15) is 9.90 Å². The van der Waals surface area contributed by atoms with Crippen LogP contribution in [0.1, 0.15) is 29.8 Å². The van der Waals surface area contributed by atoms with Crippen molar-refractivity contribution >= 4 is 11.6 Å².